The Kier molecular flexibility index (Phi) is 5.10. The van der Waals surface area contributed by atoms with Gasteiger partial charge in [0, 0.05) is 32.0 Å². The molecule has 1 heterocycles. The Balaban J connectivity index is 1.89. The molecule has 0 N–H and O–H groups in total. The quantitative estimate of drug-likeness (QED) is 0.817. The molecule has 0 saturated heterocycles. The maximum atomic E-state index is 11.8. The van der Waals surface area contributed by atoms with Crippen molar-refractivity contribution < 1.29 is 9.21 Å². The predicted octanol–water partition coefficient (Wildman–Crippen LogP) is 2.65. The molecule has 1 aromatic heterocycles. The number of rotatable bonds is 6. The minimum Gasteiger partial charge on any atom is -0.441 e. The van der Waals surface area contributed by atoms with Crippen LogP contribution in [0.1, 0.15) is 18.7 Å². The minimum atomic E-state index is -0.00953. The molecule has 2 rings (SSSR count). The third-order valence-electron chi connectivity index (χ3n) is 3.15. The third kappa shape index (κ3) is 4.18. The van der Waals surface area contributed by atoms with E-state index in [2.05, 4.69) is 4.98 Å². The van der Waals surface area contributed by atoms with Crippen molar-refractivity contribution in [3.05, 3.63) is 42.4 Å². The van der Waals surface area contributed by atoms with Crippen LogP contribution in [-0.2, 0) is 11.2 Å². The van der Waals surface area contributed by atoms with E-state index in [1.807, 2.05) is 36.4 Å². The Hall–Kier alpha value is -2.61. The van der Waals surface area contributed by atoms with Crippen molar-refractivity contribution in [2.24, 2.45) is 0 Å². The van der Waals surface area contributed by atoms with Crippen molar-refractivity contribution in [1.82, 2.24) is 9.88 Å². The summed E-state index contributed by atoms with van der Waals surface area (Å²) in [6.07, 6.45) is 2.81. The molecule has 0 bridgehead atoms. The van der Waals surface area contributed by atoms with Crippen LogP contribution in [0.5, 0.6) is 0 Å². The van der Waals surface area contributed by atoms with E-state index in [0.29, 0.717) is 37.5 Å². The van der Waals surface area contributed by atoms with Gasteiger partial charge in [-0.2, -0.15) is 5.26 Å². The van der Waals surface area contributed by atoms with E-state index in [4.69, 9.17) is 9.68 Å². The fraction of sp³-hybridized carbons (Fsp3) is 0.312. The van der Waals surface area contributed by atoms with Gasteiger partial charge in [-0.05, 0) is 0 Å². The molecule has 0 saturated carbocycles. The van der Waals surface area contributed by atoms with Crippen molar-refractivity contribution in [1.29, 1.82) is 5.26 Å². The highest BCUT2D eigenvalue weighted by Crippen LogP contribution is 2.20. The van der Waals surface area contributed by atoms with Gasteiger partial charge in [0.15, 0.2) is 11.7 Å². The molecule has 5 heteroatoms. The molecule has 0 unspecified atom stereocenters. The van der Waals surface area contributed by atoms with Gasteiger partial charge in [0.2, 0.25) is 5.91 Å². The van der Waals surface area contributed by atoms with Crippen LogP contribution >= 0.6 is 0 Å². The number of nitrogens with zero attached hydrogens (tertiary/aromatic N) is 3. The standard InChI is InChI=1S/C16H17N3O2/c1-19(11-5-10-17)16(20)9-8-15-18-12-14(21-15)13-6-3-2-4-7-13/h2-4,6-7,12H,5,8-9,11H2,1H3. The van der Waals surface area contributed by atoms with E-state index in [-0.39, 0.29) is 5.91 Å². The van der Waals surface area contributed by atoms with Gasteiger partial charge in [-0.1, -0.05) is 30.3 Å². The first kappa shape index (κ1) is 14.8. The Morgan fingerprint density at radius 2 is 2.14 bits per heavy atom. The summed E-state index contributed by atoms with van der Waals surface area (Å²) >= 11 is 0. The van der Waals surface area contributed by atoms with E-state index >= 15 is 0 Å². The average Bonchev–Trinajstić information content (AvgIpc) is 3.00. The Morgan fingerprint density at radius 1 is 1.38 bits per heavy atom. The maximum absolute atomic E-state index is 11.8. The molecule has 0 atom stereocenters. The van der Waals surface area contributed by atoms with Gasteiger partial charge in [-0.3, -0.25) is 4.79 Å². The summed E-state index contributed by atoms with van der Waals surface area (Å²) in [7, 11) is 1.70. The lowest BCUT2D eigenvalue weighted by atomic mass is 10.2. The average molecular weight is 283 g/mol. The van der Waals surface area contributed by atoms with Crippen molar-refractivity contribution in [3.8, 4) is 17.4 Å². The Labute approximate surface area is 123 Å². The number of hydrogen-bond acceptors (Lipinski definition) is 4. The molecule has 0 fully saturated rings. The molecule has 21 heavy (non-hydrogen) atoms. The zero-order valence-corrected chi connectivity index (χ0v) is 12.0. The molecule has 0 radical (unpaired) electrons. The summed E-state index contributed by atoms with van der Waals surface area (Å²) in [6, 6.07) is 11.7. The molecule has 1 aromatic carbocycles. The molecular formula is C16H17N3O2. The van der Waals surface area contributed by atoms with Crippen molar-refractivity contribution >= 4 is 5.91 Å². The normalized spacial score (nSPS) is 10.1. The number of aryl methyl sites for hydroxylation is 1. The number of benzene rings is 1. The number of hydrogen-bond donors (Lipinski definition) is 0. The van der Waals surface area contributed by atoms with E-state index in [9.17, 15) is 4.79 Å². The summed E-state index contributed by atoms with van der Waals surface area (Å²) in [5.41, 5.74) is 0.966. The highest BCUT2D eigenvalue weighted by Gasteiger charge is 2.11. The number of oxazole rings is 1. The number of carbonyl (C=O) groups excluding carboxylic acids is 1. The van der Waals surface area contributed by atoms with Crippen LogP contribution in [0.4, 0.5) is 0 Å². The van der Waals surface area contributed by atoms with Crippen molar-refractivity contribution in [2.45, 2.75) is 19.3 Å². The second kappa shape index (κ2) is 7.25. The van der Waals surface area contributed by atoms with Crippen LogP contribution in [0.2, 0.25) is 0 Å². The van der Waals surface area contributed by atoms with Crippen LogP contribution in [0.3, 0.4) is 0 Å². The van der Waals surface area contributed by atoms with Crippen molar-refractivity contribution in [2.75, 3.05) is 13.6 Å². The minimum absolute atomic E-state index is 0.00953. The lowest BCUT2D eigenvalue weighted by molar-refractivity contribution is -0.129. The van der Waals surface area contributed by atoms with Gasteiger partial charge in [0.05, 0.1) is 18.7 Å². The lowest BCUT2D eigenvalue weighted by Crippen LogP contribution is -2.27. The number of amides is 1. The van der Waals surface area contributed by atoms with Gasteiger partial charge in [-0.25, -0.2) is 4.98 Å². The van der Waals surface area contributed by atoms with Gasteiger partial charge in [0.1, 0.15) is 0 Å². The van der Waals surface area contributed by atoms with E-state index in [1.165, 1.54) is 0 Å². The van der Waals surface area contributed by atoms with Crippen LogP contribution in [0, 0.1) is 11.3 Å². The predicted molar refractivity (Wildman–Crippen MR) is 78.1 cm³/mol. The summed E-state index contributed by atoms with van der Waals surface area (Å²) in [5, 5.41) is 8.50. The zero-order chi connectivity index (χ0) is 15.1. The number of aromatic nitrogens is 1. The first-order valence-corrected chi connectivity index (χ1v) is 6.81. The maximum Gasteiger partial charge on any atom is 0.222 e. The van der Waals surface area contributed by atoms with Gasteiger partial charge in [0.25, 0.3) is 0 Å². The second-order valence-corrected chi connectivity index (χ2v) is 4.71. The van der Waals surface area contributed by atoms with Crippen LogP contribution in [0.15, 0.2) is 40.9 Å². The van der Waals surface area contributed by atoms with Crippen molar-refractivity contribution in [3.63, 3.8) is 0 Å². The van der Waals surface area contributed by atoms with Crippen LogP contribution in [0.25, 0.3) is 11.3 Å². The zero-order valence-electron chi connectivity index (χ0n) is 12.0. The summed E-state index contributed by atoms with van der Waals surface area (Å²) in [5.74, 6) is 1.25. The lowest BCUT2D eigenvalue weighted by Gasteiger charge is -2.14. The molecule has 1 amide bonds. The molecule has 0 aliphatic rings. The first-order chi connectivity index (χ1) is 10.2. The highest BCUT2D eigenvalue weighted by atomic mass is 16.4. The van der Waals surface area contributed by atoms with Gasteiger partial charge >= 0.3 is 0 Å². The molecule has 0 aliphatic heterocycles. The van der Waals surface area contributed by atoms with E-state index < -0.39 is 0 Å². The molecular weight excluding hydrogens is 266 g/mol. The summed E-state index contributed by atoms with van der Waals surface area (Å²) in [4.78, 5) is 17.6. The fourth-order valence-corrected chi connectivity index (χ4v) is 1.91. The molecule has 2 aromatic rings. The second-order valence-electron chi connectivity index (χ2n) is 4.71. The van der Waals surface area contributed by atoms with Gasteiger partial charge < -0.3 is 9.32 Å². The van der Waals surface area contributed by atoms with Crippen LogP contribution < -0.4 is 0 Å². The first-order valence-electron chi connectivity index (χ1n) is 6.81. The third-order valence-corrected chi connectivity index (χ3v) is 3.15. The summed E-state index contributed by atoms with van der Waals surface area (Å²) < 4.78 is 5.65. The van der Waals surface area contributed by atoms with Crippen LogP contribution in [-0.4, -0.2) is 29.4 Å². The molecule has 0 aliphatic carbocycles. The van der Waals surface area contributed by atoms with E-state index in [1.54, 1.807) is 18.1 Å². The Bertz CT molecular complexity index is 628. The topological polar surface area (TPSA) is 70.1 Å². The Morgan fingerprint density at radius 3 is 2.86 bits per heavy atom. The molecule has 108 valence electrons. The fourth-order valence-electron chi connectivity index (χ4n) is 1.91. The van der Waals surface area contributed by atoms with Gasteiger partial charge in [-0.15, -0.1) is 0 Å². The molecule has 5 nitrogen and oxygen atoms in total. The van der Waals surface area contributed by atoms with E-state index in [0.717, 1.165) is 5.56 Å². The molecule has 0 spiro atoms. The number of carbonyl (C=O) groups is 1. The highest BCUT2D eigenvalue weighted by molar-refractivity contribution is 5.76. The largest absolute Gasteiger partial charge is 0.441 e. The summed E-state index contributed by atoms with van der Waals surface area (Å²) in [6.45, 7) is 0.455. The SMILES string of the molecule is CN(CCC#N)C(=O)CCc1ncc(-c2ccccc2)o1. The number of nitriles is 1. The monoisotopic (exact) mass is 283 g/mol. The smallest absolute Gasteiger partial charge is 0.222 e.